The van der Waals surface area contributed by atoms with Gasteiger partial charge in [-0.3, -0.25) is 0 Å². The quantitative estimate of drug-likeness (QED) is 0.767. The summed E-state index contributed by atoms with van der Waals surface area (Å²) in [5.41, 5.74) is 2.20. The summed E-state index contributed by atoms with van der Waals surface area (Å²) in [6.45, 7) is 11.1. The number of nitrogens with one attached hydrogen (secondary N) is 1. The molecule has 0 bridgehead atoms. The zero-order chi connectivity index (χ0) is 20.6. The van der Waals surface area contributed by atoms with Crippen LogP contribution in [0, 0.1) is 0 Å². The number of aromatic nitrogens is 2. The Balaban J connectivity index is 1.61. The Bertz CT molecular complexity index is 786. The van der Waals surface area contributed by atoms with E-state index in [0.29, 0.717) is 38.7 Å². The summed E-state index contributed by atoms with van der Waals surface area (Å²) < 4.78 is 5.07. The van der Waals surface area contributed by atoms with E-state index in [2.05, 4.69) is 63.2 Å². The highest BCUT2D eigenvalue weighted by Crippen LogP contribution is 2.21. The molecule has 1 N–H and O–H groups in total. The molecule has 1 fully saturated rings. The number of benzene rings is 1. The van der Waals surface area contributed by atoms with Crippen LogP contribution in [0.15, 0.2) is 36.5 Å². The van der Waals surface area contributed by atoms with E-state index in [-0.39, 0.29) is 6.09 Å². The lowest BCUT2D eigenvalue weighted by atomic mass is 10.2. The predicted octanol–water partition coefficient (Wildman–Crippen LogP) is 3.34. The van der Waals surface area contributed by atoms with Gasteiger partial charge in [0.25, 0.3) is 0 Å². The van der Waals surface area contributed by atoms with Gasteiger partial charge < -0.3 is 24.8 Å². The summed E-state index contributed by atoms with van der Waals surface area (Å²) in [7, 11) is 0. The molecule has 0 atom stereocenters. The first-order chi connectivity index (χ1) is 14.1. The maximum atomic E-state index is 11.8. The van der Waals surface area contributed by atoms with E-state index in [1.807, 2.05) is 13.0 Å². The highest BCUT2D eigenvalue weighted by Gasteiger charge is 2.23. The fraction of sp³-hybridized carbons (Fsp3) is 0.476. The first-order valence-electron chi connectivity index (χ1n) is 10.3. The number of nitrogens with zero attached hydrogens (tertiary/aromatic N) is 5. The van der Waals surface area contributed by atoms with Gasteiger partial charge >= 0.3 is 6.09 Å². The van der Waals surface area contributed by atoms with E-state index in [9.17, 15) is 4.79 Å². The fourth-order valence-corrected chi connectivity index (χ4v) is 3.37. The number of hydrogen-bond donors (Lipinski definition) is 1. The summed E-state index contributed by atoms with van der Waals surface area (Å²) in [6.07, 6.45) is 1.50. The first kappa shape index (κ1) is 20.7. The molecule has 0 radical (unpaired) electrons. The van der Waals surface area contributed by atoms with Crippen LogP contribution in [0.4, 0.5) is 27.9 Å². The van der Waals surface area contributed by atoms with Crippen molar-refractivity contribution in [2.24, 2.45) is 0 Å². The minimum Gasteiger partial charge on any atom is -0.450 e. The lowest BCUT2D eigenvalue weighted by molar-refractivity contribution is 0.105. The molecule has 2 aromatic rings. The molecule has 1 aliphatic heterocycles. The molecule has 0 spiro atoms. The van der Waals surface area contributed by atoms with E-state index in [4.69, 9.17) is 4.74 Å². The van der Waals surface area contributed by atoms with Gasteiger partial charge in [-0.15, -0.1) is 0 Å². The highest BCUT2D eigenvalue weighted by molar-refractivity contribution is 5.68. The average molecular weight is 399 g/mol. The standard InChI is InChI=1S/C21H30N6O2/c1-4-25(5-2)18-9-7-17(8-10-18)23-19-11-12-22-20(24-19)26-13-15-27(16-14-26)21(28)29-6-3/h7-12H,4-6,13-16H2,1-3H3,(H,22,23,24). The van der Waals surface area contributed by atoms with Crippen molar-refractivity contribution in [3.63, 3.8) is 0 Å². The molecule has 1 aromatic heterocycles. The third kappa shape index (κ3) is 5.28. The molecule has 29 heavy (non-hydrogen) atoms. The van der Waals surface area contributed by atoms with Crippen LogP contribution in [0.2, 0.25) is 0 Å². The van der Waals surface area contributed by atoms with E-state index in [1.165, 1.54) is 5.69 Å². The Morgan fingerprint density at radius 3 is 2.38 bits per heavy atom. The van der Waals surface area contributed by atoms with Gasteiger partial charge in [-0.2, -0.15) is 4.98 Å². The van der Waals surface area contributed by atoms with E-state index < -0.39 is 0 Å². The van der Waals surface area contributed by atoms with Gasteiger partial charge in [0.05, 0.1) is 6.61 Å². The van der Waals surface area contributed by atoms with Crippen LogP contribution in [0.5, 0.6) is 0 Å². The van der Waals surface area contributed by atoms with Gasteiger partial charge in [-0.25, -0.2) is 9.78 Å². The number of piperazine rings is 1. The number of ether oxygens (including phenoxy) is 1. The number of carbonyl (C=O) groups is 1. The molecule has 2 heterocycles. The number of hydrogen-bond acceptors (Lipinski definition) is 7. The monoisotopic (exact) mass is 398 g/mol. The normalized spacial score (nSPS) is 13.9. The van der Waals surface area contributed by atoms with Gasteiger partial charge in [0.15, 0.2) is 0 Å². The zero-order valence-electron chi connectivity index (χ0n) is 17.5. The third-order valence-corrected chi connectivity index (χ3v) is 5.00. The van der Waals surface area contributed by atoms with Gasteiger partial charge in [0, 0.05) is 56.8 Å². The van der Waals surface area contributed by atoms with Gasteiger partial charge in [-0.1, -0.05) is 0 Å². The number of rotatable bonds is 7. The van der Waals surface area contributed by atoms with Crippen LogP contribution in [-0.2, 0) is 4.74 Å². The van der Waals surface area contributed by atoms with Crippen LogP contribution >= 0.6 is 0 Å². The average Bonchev–Trinajstić information content (AvgIpc) is 2.76. The topological polar surface area (TPSA) is 73.8 Å². The second kappa shape index (κ2) is 9.95. The zero-order valence-corrected chi connectivity index (χ0v) is 17.5. The lowest BCUT2D eigenvalue weighted by Crippen LogP contribution is -2.49. The molecule has 3 rings (SSSR count). The fourth-order valence-electron chi connectivity index (χ4n) is 3.37. The summed E-state index contributed by atoms with van der Waals surface area (Å²) in [5, 5.41) is 3.35. The van der Waals surface area contributed by atoms with Crippen LogP contribution in [0.3, 0.4) is 0 Å². The molecule has 156 valence electrons. The van der Waals surface area contributed by atoms with E-state index in [1.54, 1.807) is 11.1 Å². The lowest BCUT2D eigenvalue weighted by Gasteiger charge is -2.34. The Labute approximate surface area is 172 Å². The summed E-state index contributed by atoms with van der Waals surface area (Å²) in [4.78, 5) is 27.0. The molecule has 8 nitrogen and oxygen atoms in total. The van der Waals surface area contributed by atoms with Crippen LogP contribution in [-0.4, -0.2) is 66.8 Å². The molecule has 1 amide bonds. The smallest absolute Gasteiger partial charge is 0.409 e. The van der Waals surface area contributed by atoms with Crippen molar-refractivity contribution in [3.05, 3.63) is 36.5 Å². The Morgan fingerprint density at radius 2 is 1.76 bits per heavy atom. The van der Waals surface area contributed by atoms with Crippen LogP contribution < -0.4 is 15.1 Å². The summed E-state index contributed by atoms with van der Waals surface area (Å²) >= 11 is 0. The van der Waals surface area contributed by atoms with Crippen molar-refractivity contribution in [3.8, 4) is 0 Å². The van der Waals surface area contributed by atoms with Crippen molar-refractivity contribution >= 4 is 29.2 Å². The van der Waals surface area contributed by atoms with Gasteiger partial charge in [0.2, 0.25) is 5.95 Å². The minimum atomic E-state index is -0.253. The SMILES string of the molecule is CCOC(=O)N1CCN(c2nccc(Nc3ccc(N(CC)CC)cc3)n2)CC1. The van der Waals surface area contributed by atoms with Crippen molar-refractivity contribution in [1.29, 1.82) is 0 Å². The van der Waals surface area contributed by atoms with E-state index >= 15 is 0 Å². The predicted molar refractivity (Wildman–Crippen MR) is 116 cm³/mol. The van der Waals surface area contributed by atoms with Crippen molar-refractivity contribution in [2.75, 3.05) is 61.0 Å². The van der Waals surface area contributed by atoms with Crippen LogP contribution in [0.1, 0.15) is 20.8 Å². The summed E-state index contributed by atoms with van der Waals surface area (Å²) in [6, 6.07) is 10.2. The molecule has 0 unspecified atom stereocenters. The van der Waals surface area contributed by atoms with Gasteiger partial charge in [0.1, 0.15) is 5.82 Å². The summed E-state index contributed by atoms with van der Waals surface area (Å²) in [5.74, 6) is 1.41. The maximum Gasteiger partial charge on any atom is 0.409 e. The second-order valence-electron chi connectivity index (χ2n) is 6.76. The Kier molecular flexibility index (Phi) is 7.10. The van der Waals surface area contributed by atoms with E-state index in [0.717, 1.165) is 24.6 Å². The number of carbonyl (C=O) groups excluding carboxylic acids is 1. The van der Waals surface area contributed by atoms with Crippen molar-refractivity contribution in [1.82, 2.24) is 14.9 Å². The minimum absolute atomic E-state index is 0.253. The third-order valence-electron chi connectivity index (χ3n) is 5.00. The second-order valence-corrected chi connectivity index (χ2v) is 6.76. The highest BCUT2D eigenvalue weighted by atomic mass is 16.6. The molecule has 1 saturated heterocycles. The maximum absolute atomic E-state index is 11.8. The number of amides is 1. The molecule has 1 aliphatic rings. The van der Waals surface area contributed by atoms with Gasteiger partial charge in [-0.05, 0) is 51.1 Å². The van der Waals surface area contributed by atoms with Crippen LogP contribution in [0.25, 0.3) is 0 Å². The Morgan fingerprint density at radius 1 is 1.07 bits per heavy atom. The number of anilines is 4. The molecular weight excluding hydrogens is 368 g/mol. The Hall–Kier alpha value is -3.03. The molecular formula is C21H30N6O2. The van der Waals surface area contributed by atoms with Crippen molar-refractivity contribution in [2.45, 2.75) is 20.8 Å². The van der Waals surface area contributed by atoms with Crippen molar-refractivity contribution < 1.29 is 9.53 Å². The molecule has 8 heteroatoms. The molecule has 1 aromatic carbocycles. The molecule has 0 saturated carbocycles. The molecule has 0 aliphatic carbocycles. The first-order valence-corrected chi connectivity index (χ1v) is 10.3. The largest absolute Gasteiger partial charge is 0.450 e.